The first-order chi connectivity index (χ1) is 10.7. The van der Waals surface area contributed by atoms with E-state index >= 15 is 0 Å². The maximum absolute atomic E-state index is 5.53. The van der Waals surface area contributed by atoms with Gasteiger partial charge in [-0.2, -0.15) is 0 Å². The largest absolute Gasteiger partial charge is 0.329 e. The van der Waals surface area contributed by atoms with Crippen LogP contribution in [0, 0.1) is 5.41 Å². The van der Waals surface area contributed by atoms with E-state index in [0.29, 0.717) is 5.41 Å². The molecule has 3 N–H and O–H groups in total. The number of nitrogens with one attached hydrogen (secondary N) is 1. The van der Waals surface area contributed by atoms with Crippen LogP contribution in [0.1, 0.15) is 104 Å². The van der Waals surface area contributed by atoms with Gasteiger partial charge in [-0.3, -0.25) is 0 Å². The average Bonchev–Trinajstić information content (AvgIpc) is 2.51. The number of unbranched alkanes of at least 4 members (excludes halogenated alkanes) is 7. The molecule has 0 amide bonds. The molecule has 0 rings (SSSR count). The van der Waals surface area contributed by atoms with Gasteiger partial charge in [0.25, 0.3) is 0 Å². The van der Waals surface area contributed by atoms with Crippen molar-refractivity contribution in [1.82, 2.24) is 5.32 Å². The molecule has 0 radical (unpaired) electrons. The molecular weight excluding hydrogens is 268 g/mol. The van der Waals surface area contributed by atoms with Crippen LogP contribution >= 0.6 is 0 Å². The summed E-state index contributed by atoms with van der Waals surface area (Å²) in [4.78, 5) is 0. The molecule has 2 nitrogen and oxygen atoms in total. The van der Waals surface area contributed by atoms with Crippen molar-refractivity contribution >= 4 is 0 Å². The molecule has 2 heteroatoms. The Kier molecular flexibility index (Phi) is 15.7. The predicted octanol–water partition coefficient (Wildman–Crippen LogP) is 5.65. The van der Waals surface area contributed by atoms with E-state index in [-0.39, 0.29) is 0 Å². The molecule has 0 aliphatic heterocycles. The van der Waals surface area contributed by atoms with Gasteiger partial charge in [0.05, 0.1) is 0 Å². The molecule has 22 heavy (non-hydrogen) atoms. The summed E-state index contributed by atoms with van der Waals surface area (Å²) in [6, 6.07) is 0. The van der Waals surface area contributed by atoms with Crippen LogP contribution in [0.3, 0.4) is 0 Å². The lowest BCUT2D eigenvalue weighted by Gasteiger charge is -2.30. The van der Waals surface area contributed by atoms with E-state index in [1.807, 2.05) is 0 Å². The van der Waals surface area contributed by atoms with E-state index in [9.17, 15) is 0 Å². The number of hydrogen-bond acceptors (Lipinski definition) is 2. The second kappa shape index (κ2) is 15.8. The zero-order valence-corrected chi connectivity index (χ0v) is 15.9. The fourth-order valence-corrected chi connectivity index (χ4v) is 3.38. The predicted molar refractivity (Wildman–Crippen MR) is 101 cm³/mol. The maximum atomic E-state index is 5.53. The Bertz CT molecular complexity index is 202. The molecule has 0 saturated carbocycles. The van der Waals surface area contributed by atoms with Crippen LogP contribution in [0.4, 0.5) is 0 Å². The standard InChI is InChI=1S/C20H44N2/c1-4-6-8-10-12-15-20(3,14-11-9-7-5-2)16-13-18-22-19-17-21/h22H,4-19,21H2,1-3H3. The Hall–Kier alpha value is -0.0800. The Morgan fingerprint density at radius 3 is 1.73 bits per heavy atom. The Labute approximate surface area is 141 Å². The van der Waals surface area contributed by atoms with Gasteiger partial charge >= 0.3 is 0 Å². The van der Waals surface area contributed by atoms with E-state index in [1.165, 1.54) is 83.5 Å². The number of hydrogen-bond donors (Lipinski definition) is 2. The first kappa shape index (κ1) is 21.9. The third-order valence-electron chi connectivity index (χ3n) is 4.97. The van der Waals surface area contributed by atoms with E-state index < -0.39 is 0 Å². The molecule has 0 aliphatic carbocycles. The minimum Gasteiger partial charge on any atom is -0.329 e. The second-order valence-electron chi connectivity index (χ2n) is 7.43. The lowest BCUT2D eigenvalue weighted by molar-refractivity contribution is 0.225. The fourth-order valence-electron chi connectivity index (χ4n) is 3.38. The Balaban J connectivity index is 3.99. The Morgan fingerprint density at radius 1 is 0.682 bits per heavy atom. The van der Waals surface area contributed by atoms with Crippen LogP contribution < -0.4 is 11.1 Å². The van der Waals surface area contributed by atoms with Crippen molar-refractivity contribution < 1.29 is 0 Å². The smallest absolute Gasteiger partial charge is 0.00745 e. The van der Waals surface area contributed by atoms with Crippen LogP contribution in [-0.2, 0) is 0 Å². The lowest BCUT2D eigenvalue weighted by atomic mass is 9.76. The highest BCUT2D eigenvalue weighted by Crippen LogP contribution is 2.35. The lowest BCUT2D eigenvalue weighted by Crippen LogP contribution is -2.25. The van der Waals surface area contributed by atoms with E-state index in [1.54, 1.807) is 0 Å². The fraction of sp³-hybridized carbons (Fsp3) is 1.00. The van der Waals surface area contributed by atoms with E-state index in [2.05, 4.69) is 26.1 Å². The highest BCUT2D eigenvalue weighted by atomic mass is 14.9. The highest BCUT2D eigenvalue weighted by Gasteiger charge is 2.22. The van der Waals surface area contributed by atoms with Gasteiger partial charge in [0, 0.05) is 13.1 Å². The maximum Gasteiger partial charge on any atom is 0.00745 e. The zero-order valence-electron chi connectivity index (χ0n) is 15.9. The summed E-state index contributed by atoms with van der Waals surface area (Å²) in [6.07, 6.45) is 18.2. The summed E-state index contributed by atoms with van der Waals surface area (Å²) in [7, 11) is 0. The zero-order chi connectivity index (χ0) is 16.5. The van der Waals surface area contributed by atoms with Crippen molar-refractivity contribution in [2.75, 3.05) is 19.6 Å². The van der Waals surface area contributed by atoms with Gasteiger partial charge in [0.15, 0.2) is 0 Å². The molecule has 0 aromatic carbocycles. The molecule has 0 heterocycles. The molecule has 0 aromatic heterocycles. The first-order valence-electron chi connectivity index (χ1n) is 10.1. The summed E-state index contributed by atoms with van der Waals surface area (Å²) >= 11 is 0. The van der Waals surface area contributed by atoms with Crippen molar-refractivity contribution in [3.05, 3.63) is 0 Å². The second-order valence-corrected chi connectivity index (χ2v) is 7.43. The number of rotatable bonds is 17. The molecule has 0 aliphatic rings. The number of nitrogens with two attached hydrogens (primary N) is 1. The monoisotopic (exact) mass is 312 g/mol. The summed E-state index contributed by atoms with van der Waals surface area (Å²) in [5, 5.41) is 3.44. The van der Waals surface area contributed by atoms with Crippen molar-refractivity contribution in [3.8, 4) is 0 Å². The minimum absolute atomic E-state index is 0.574. The van der Waals surface area contributed by atoms with Crippen molar-refractivity contribution in [1.29, 1.82) is 0 Å². The molecular formula is C20H44N2. The van der Waals surface area contributed by atoms with Gasteiger partial charge in [0.1, 0.15) is 0 Å². The molecule has 1 unspecified atom stereocenters. The van der Waals surface area contributed by atoms with Crippen LogP contribution in [0.2, 0.25) is 0 Å². The van der Waals surface area contributed by atoms with Crippen LogP contribution in [0.5, 0.6) is 0 Å². The van der Waals surface area contributed by atoms with Crippen LogP contribution in [-0.4, -0.2) is 19.6 Å². The first-order valence-corrected chi connectivity index (χ1v) is 10.1. The summed E-state index contributed by atoms with van der Waals surface area (Å²) in [5.41, 5.74) is 6.11. The molecule has 0 aromatic rings. The van der Waals surface area contributed by atoms with Gasteiger partial charge < -0.3 is 11.1 Å². The van der Waals surface area contributed by atoms with E-state index in [4.69, 9.17) is 5.73 Å². The Morgan fingerprint density at radius 2 is 1.18 bits per heavy atom. The summed E-state index contributed by atoms with van der Waals surface area (Å²) < 4.78 is 0. The van der Waals surface area contributed by atoms with Crippen LogP contribution in [0.15, 0.2) is 0 Å². The van der Waals surface area contributed by atoms with Crippen molar-refractivity contribution in [2.24, 2.45) is 11.1 Å². The molecule has 0 spiro atoms. The SMILES string of the molecule is CCCCCCCC(C)(CCCCCC)CCCNCCN. The minimum atomic E-state index is 0.574. The van der Waals surface area contributed by atoms with Gasteiger partial charge in [-0.25, -0.2) is 0 Å². The normalized spacial score (nSPS) is 14.2. The van der Waals surface area contributed by atoms with Gasteiger partial charge in [0.2, 0.25) is 0 Å². The molecule has 0 fully saturated rings. The average molecular weight is 313 g/mol. The van der Waals surface area contributed by atoms with E-state index in [0.717, 1.165) is 19.6 Å². The quantitative estimate of drug-likeness (QED) is 0.340. The topological polar surface area (TPSA) is 38.0 Å². The van der Waals surface area contributed by atoms with Crippen molar-refractivity contribution in [3.63, 3.8) is 0 Å². The third kappa shape index (κ3) is 13.6. The highest BCUT2D eigenvalue weighted by molar-refractivity contribution is 4.75. The summed E-state index contributed by atoms with van der Waals surface area (Å²) in [6.45, 7) is 10.00. The summed E-state index contributed by atoms with van der Waals surface area (Å²) in [5.74, 6) is 0. The van der Waals surface area contributed by atoms with Crippen molar-refractivity contribution in [2.45, 2.75) is 104 Å². The van der Waals surface area contributed by atoms with Gasteiger partial charge in [-0.05, 0) is 37.6 Å². The van der Waals surface area contributed by atoms with Gasteiger partial charge in [-0.15, -0.1) is 0 Å². The molecule has 0 bridgehead atoms. The molecule has 134 valence electrons. The molecule has 1 atom stereocenters. The third-order valence-corrected chi connectivity index (χ3v) is 4.97. The molecule has 0 saturated heterocycles. The van der Waals surface area contributed by atoms with Gasteiger partial charge in [-0.1, -0.05) is 78.6 Å². The van der Waals surface area contributed by atoms with Crippen LogP contribution in [0.25, 0.3) is 0 Å².